The summed E-state index contributed by atoms with van der Waals surface area (Å²) in [5, 5.41) is 4.76. The number of hydrogen-bond acceptors (Lipinski definition) is 3. The number of H-pyrrole nitrogens is 1. The van der Waals surface area contributed by atoms with E-state index in [2.05, 4.69) is 44.6 Å². The largest absolute Gasteiger partial charge is 0.361 e. The number of nitrogens with one attached hydrogen (secondary N) is 2. The summed E-state index contributed by atoms with van der Waals surface area (Å²) in [6.45, 7) is 2.80. The molecule has 5 nitrogen and oxygen atoms in total. The number of carbonyl (C=O) groups excluding carboxylic acids is 1. The molecule has 4 rings (SSSR count). The lowest BCUT2D eigenvalue weighted by Crippen LogP contribution is -2.44. The predicted molar refractivity (Wildman–Crippen MR) is 108 cm³/mol. The number of para-hydroxylation sites is 1. The molecule has 1 saturated heterocycles. The maximum Gasteiger partial charge on any atom is 0.254 e. The van der Waals surface area contributed by atoms with Gasteiger partial charge in [0.1, 0.15) is 10.3 Å². The van der Waals surface area contributed by atoms with E-state index in [1.165, 1.54) is 16.5 Å². The Morgan fingerprint density at radius 1 is 1.19 bits per heavy atom. The molecule has 1 amide bonds. The molecule has 1 aliphatic heterocycles. The summed E-state index contributed by atoms with van der Waals surface area (Å²) in [7, 11) is 0. The maximum absolute atomic E-state index is 12.4. The van der Waals surface area contributed by atoms with Gasteiger partial charge in [0.25, 0.3) is 5.91 Å². The Morgan fingerprint density at radius 2 is 1.96 bits per heavy atom. The SMILES string of the molecule is O=C(NC1CCN(Cc2c[nH]c3ccccc23)CC1)c1ccc(Cl)nc1Cl. The molecule has 3 heterocycles. The summed E-state index contributed by atoms with van der Waals surface area (Å²) in [5.41, 5.74) is 2.84. The minimum Gasteiger partial charge on any atom is -0.361 e. The number of carbonyl (C=O) groups is 1. The van der Waals surface area contributed by atoms with Crippen LogP contribution >= 0.6 is 23.2 Å². The zero-order chi connectivity index (χ0) is 18.8. The molecule has 0 aliphatic carbocycles. The van der Waals surface area contributed by atoms with Crippen LogP contribution in [-0.2, 0) is 6.54 Å². The van der Waals surface area contributed by atoms with Crippen LogP contribution in [0.3, 0.4) is 0 Å². The van der Waals surface area contributed by atoms with Gasteiger partial charge in [-0.05, 0) is 36.6 Å². The van der Waals surface area contributed by atoms with Crippen LogP contribution in [0.15, 0.2) is 42.6 Å². The number of amides is 1. The molecule has 2 aromatic heterocycles. The number of nitrogens with zero attached hydrogens (tertiary/aromatic N) is 2. The number of aromatic amines is 1. The number of hydrogen-bond donors (Lipinski definition) is 2. The van der Waals surface area contributed by atoms with Gasteiger partial charge in [0.15, 0.2) is 0 Å². The van der Waals surface area contributed by atoms with Crippen LogP contribution in [0.5, 0.6) is 0 Å². The van der Waals surface area contributed by atoms with E-state index < -0.39 is 0 Å². The second-order valence-electron chi connectivity index (χ2n) is 6.86. The average molecular weight is 403 g/mol. The minimum atomic E-state index is -0.195. The summed E-state index contributed by atoms with van der Waals surface area (Å²) in [5.74, 6) is -0.195. The Morgan fingerprint density at radius 3 is 2.74 bits per heavy atom. The second-order valence-corrected chi connectivity index (χ2v) is 7.60. The highest BCUT2D eigenvalue weighted by Crippen LogP contribution is 2.22. The third-order valence-corrected chi connectivity index (χ3v) is 5.55. The Bertz CT molecular complexity index is 964. The van der Waals surface area contributed by atoms with Gasteiger partial charge in [0, 0.05) is 42.8 Å². The number of fused-ring (bicyclic) bond motifs is 1. The number of piperidine rings is 1. The molecule has 0 radical (unpaired) electrons. The number of rotatable bonds is 4. The molecule has 1 fully saturated rings. The molecule has 0 unspecified atom stereocenters. The van der Waals surface area contributed by atoms with Crippen molar-refractivity contribution < 1.29 is 4.79 Å². The van der Waals surface area contributed by atoms with E-state index in [1.54, 1.807) is 12.1 Å². The van der Waals surface area contributed by atoms with E-state index in [9.17, 15) is 4.79 Å². The van der Waals surface area contributed by atoms with Crippen molar-refractivity contribution in [2.24, 2.45) is 0 Å². The van der Waals surface area contributed by atoms with E-state index in [4.69, 9.17) is 23.2 Å². The normalized spacial score (nSPS) is 15.9. The number of likely N-dealkylation sites (tertiary alicyclic amines) is 1. The van der Waals surface area contributed by atoms with E-state index in [0.29, 0.717) is 5.56 Å². The highest BCUT2D eigenvalue weighted by atomic mass is 35.5. The van der Waals surface area contributed by atoms with Crippen LogP contribution in [0.2, 0.25) is 10.3 Å². The number of halogens is 2. The van der Waals surface area contributed by atoms with Crippen molar-refractivity contribution in [1.29, 1.82) is 0 Å². The predicted octanol–water partition coefficient (Wildman–Crippen LogP) is 4.26. The fourth-order valence-corrected chi connectivity index (χ4v) is 4.01. The molecule has 1 aromatic carbocycles. The van der Waals surface area contributed by atoms with E-state index in [1.807, 2.05) is 6.07 Å². The highest BCUT2D eigenvalue weighted by Gasteiger charge is 2.23. The Kier molecular flexibility index (Phi) is 5.34. The first-order valence-electron chi connectivity index (χ1n) is 9.00. The highest BCUT2D eigenvalue weighted by molar-refractivity contribution is 6.34. The van der Waals surface area contributed by atoms with E-state index >= 15 is 0 Å². The fourth-order valence-electron chi connectivity index (χ4n) is 3.58. The molecule has 7 heteroatoms. The van der Waals surface area contributed by atoms with Gasteiger partial charge in [0.05, 0.1) is 5.56 Å². The third-order valence-electron chi connectivity index (χ3n) is 5.05. The van der Waals surface area contributed by atoms with Crippen LogP contribution in [0, 0.1) is 0 Å². The molecule has 27 heavy (non-hydrogen) atoms. The monoisotopic (exact) mass is 402 g/mol. The van der Waals surface area contributed by atoms with Crippen molar-refractivity contribution >= 4 is 40.0 Å². The average Bonchev–Trinajstić information content (AvgIpc) is 3.06. The maximum atomic E-state index is 12.4. The standard InChI is InChI=1S/C20H20Cl2N4O/c21-18-6-5-16(19(22)25-18)20(27)24-14-7-9-26(10-8-14)12-13-11-23-17-4-2-1-3-15(13)17/h1-6,11,14,23H,7-10,12H2,(H,24,27). The lowest BCUT2D eigenvalue weighted by atomic mass is 10.0. The van der Waals surface area contributed by atoms with Gasteiger partial charge in [-0.2, -0.15) is 0 Å². The van der Waals surface area contributed by atoms with Crippen LogP contribution in [-0.4, -0.2) is 39.9 Å². The summed E-state index contributed by atoms with van der Waals surface area (Å²) in [6.07, 6.45) is 3.91. The molecule has 3 aromatic rings. The van der Waals surface area contributed by atoms with Crippen molar-refractivity contribution in [2.45, 2.75) is 25.4 Å². The van der Waals surface area contributed by atoms with Gasteiger partial charge in [-0.25, -0.2) is 4.98 Å². The third kappa shape index (κ3) is 4.10. The smallest absolute Gasteiger partial charge is 0.254 e. The van der Waals surface area contributed by atoms with Gasteiger partial charge in [0.2, 0.25) is 0 Å². The van der Waals surface area contributed by atoms with Crippen LogP contribution < -0.4 is 5.32 Å². The van der Waals surface area contributed by atoms with Gasteiger partial charge < -0.3 is 10.3 Å². The number of aromatic nitrogens is 2. The molecule has 0 atom stereocenters. The molecule has 140 valence electrons. The van der Waals surface area contributed by atoms with Crippen molar-refractivity contribution in [2.75, 3.05) is 13.1 Å². The molecule has 1 aliphatic rings. The minimum absolute atomic E-state index is 0.136. The Labute approximate surface area is 167 Å². The van der Waals surface area contributed by atoms with Gasteiger partial charge in [-0.15, -0.1) is 0 Å². The quantitative estimate of drug-likeness (QED) is 0.640. The summed E-state index contributed by atoms with van der Waals surface area (Å²) < 4.78 is 0. The first-order chi connectivity index (χ1) is 13.1. The van der Waals surface area contributed by atoms with Crippen molar-refractivity contribution in [1.82, 2.24) is 20.2 Å². The topological polar surface area (TPSA) is 61.0 Å². The van der Waals surface area contributed by atoms with Crippen LogP contribution in [0.1, 0.15) is 28.8 Å². The molecule has 2 N–H and O–H groups in total. The zero-order valence-corrected chi connectivity index (χ0v) is 16.2. The van der Waals surface area contributed by atoms with Crippen LogP contribution in [0.25, 0.3) is 10.9 Å². The molecule has 0 spiro atoms. The fraction of sp³-hybridized carbons (Fsp3) is 0.300. The van der Waals surface area contributed by atoms with Gasteiger partial charge in [-0.1, -0.05) is 41.4 Å². The van der Waals surface area contributed by atoms with Gasteiger partial charge in [-0.3, -0.25) is 9.69 Å². The lowest BCUT2D eigenvalue weighted by Gasteiger charge is -2.32. The second kappa shape index (κ2) is 7.89. The van der Waals surface area contributed by atoms with Crippen molar-refractivity contribution in [3.63, 3.8) is 0 Å². The molecule has 0 bridgehead atoms. The van der Waals surface area contributed by atoms with Gasteiger partial charge >= 0.3 is 0 Å². The summed E-state index contributed by atoms with van der Waals surface area (Å²) in [6, 6.07) is 11.7. The first-order valence-corrected chi connectivity index (χ1v) is 9.76. The van der Waals surface area contributed by atoms with Crippen molar-refractivity contribution in [3.05, 3.63) is 64.0 Å². The molecular weight excluding hydrogens is 383 g/mol. The molecular formula is C20H20Cl2N4O. The van der Waals surface area contributed by atoms with E-state index in [-0.39, 0.29) is 22.3 Å². The Balaban J connectivity index is 1.33. The molecule has 0 saturated carbocycles. The first kappa shape index (κ1) is 18.3. The van der Waals surface area contributed by atoms with E-state index in [0.717, 1.165) is 32.5 Å². The zero-order valence-electron chi connectivity index (χ0n) is 14.7. The Hall–Kier alpha value is -2.08. The van der Waals surface area contributed by atoms with Crippen LogP contribution in [0.4, 0.5) is 0 Å². The number of benzene rings is 1. The lowest BCUT2D eigenvalue weighted by molar-refractivity contribution is 0.0909. The number of pyridine rings is 1. The summed E-state index contributed by atoms with van der Waals surface area (Å²) in [4.78, 5) is 22.1. The summed E-state index contributed by atoms with van der Waals surface area (Å²) >= 11 is 11.8. The van der Waals surface area contributed by atoms with Crippen molar-refractivity contribution in [3.8, 4) is 0 Å².